The van der Waals surface area contributed by atoms with Gasteiger partial charge in [0.05, 0.1) is 25.9 Å². The number of sulfonamides is 1. The molecule has 9 nitrogen and oxygen atoms in total. The number of carbonyl (C=O) groups is 2. The topological polar surface area (TPSA) is 111 Å². The van der Waals surface area contributed by atoms with Gasteiger partial charge >= 0.3 is 5.97 Å². The number of hydrogen-bond acceptors (Lipinski definition) is 7. The molecule has 3 rings (SSSR count). The molecule has 1 fully saturated rings. The molecule has 1 heterocycles. The van der Waals surface area contributed by atoms with Gasteiger partial charge in [-0.1, -0.05) is 0 Å². The lowest BCUT2D eigenvalue weighted by atomic mass is 10.2. The molecule has 2 aromatic rings. The van der Waals surface area contributed by atoms with Gasteiger partial charge in [0.15, 0.2) is 6.61 Å². The molecule has 0 atom stereocenters. The third kappa shape index (κ3) is 5.57. The Morgan fingerprint density at radius 1 is 1.13 bits per heavy atom. The van der Waals surface area contributed by atoms with E-state index in [4.69, 9.17) is 14.2 Å². The second-order valence-corrected chi connectivity index (χ2v) is 8.42. The summed E-state index contributed by atoms with van der Waals surface area (Å²) in [6.07, 6.45) is 0. The summed E-state index contributed by atoms with van der Waals surface area (Å²) in [5.74, 6) is -1.92. The number of carbonyl (C=O) groups excluding carboxylic acids is 2. The molecule has 1 N–H and O–H groups in total. The lowest BCUT2D eigenvalue weighted by Gasteiger charge is -2.26. The van der Waals surface area contributed by atoms with Crippen molar-refractivity contribution in [3.8, 4) is 5.75 Å². The molecule has 166 valence electrons. The molecule has 1 aliphatic rings. The number of anilines is 1. The van der Waals surface area contributed by atoms with E-state index in [1.54, 1.807) is 24.3 Å². The molecule has 0 aliphatic carbocycles. The predicted molar refractivity (Wildman–Crippen MR) is 108 cm³/mol. The standard InChI is InChI=1S/C20H21FN2O7S/c1-28-16-5-3-15(4-6-16)22-19(24)13-30-20(25)14-2-7-17(21)18(12-14)31(26,27)23-8-10-29-11-9-23/h2-7,12H,8-11,13H2,1H3,(H,22,24). The van der Waals surface area contributed by atoms with Gasteiger partial charge in [-0.3, -0.25) is 4.79 Å². The minimum atomic E-state index is -4.15. The maximum atomic E-state index is 14.2. The maximum Gasteiger partial charge on any atom is 0.338 e. The van der Waals surface area contributed by atoms with Crippen molar-refractivity contribution in [2.45, 2.75) is 4.90 Å². The van der Waals surface area contributed by atoms with E-state index >= 15 is 0 Å². The number of rotatable bonds is 7. The summed E-state index contributed by atoms with van der Waals surface area (Å²) in [5.41, 5.74) is 0.285. The minimum absolute atomic E-state index is 0.0853. The van der Waals surface area contributed by atoms with E-state index in [0.717, 1.165) is 22.5 Å². The number of nitrogens with one attached hydrogen (secondary N) is 1. The normalized spacial score (nSPS) is 14.6. The Kier molecular flexibility index (Phi) is 7.21. The summed E-state index contributed by atoms with van der Waals surface area (Å²) in [6.45, 7) is -0.0322. The first-order valence-corrected chi connectivity index (χ1v) is 10.7. The van der Waals surface area contributed by atoms with Crippen molar-refractivity contribution in [1.29, 1.82) is 0 Å². The molecule has 1 aliphatic heterocycles. The summed E-state index contributed by atoms with van der Waals surface area (Å²) < 4.78 is 55.8. The number of ether oxygens (including phenoxy) is 3. The van der Waals surface area contributed by atoms with Crippen molar-refractivity contribution in [3.05, 3.63) is 53.8 Å². The maximum absolute atomic E-state index is 14.2. The van der Waals surface area contributed by atoms with E-state index in [1.807, 2.05) is 0 Å². The second kappa shape index (κ2) is 9.86. The van der Waals surface area contributed by atoms with Crippen molar-refractivity contribution < 1.29 is 36.6 Å². The van der Waals surface area contributed by atoms with Crippen LogP contribution in [0.4, 0.5) is 10.1 Å². The van der Waals surface area contributed by atoms with Crippen LogP contribution in [0.1, 0.15) is 10.4 Å². The van der Waals surface area contributed by atoms with Crippen LogP contribution in [-0.4, -0.2) is 64.6 Å². The highest BCUT2D eigenvalue weighted by atomic mass is 32.2. The van der Waals surface area contributed by atoms with Crippen LogP contribution in [0.15, 0.2) is 47.4 Å². The molecule has 31 heavy (non-hydrogen) atoms. The highest BCUT2D eigenvalue weighted by molar-refractivity contribution is 7.89. The number of methoxy groups -OCH3 is 1. The van der Waals surface area contributed by atoms with Crippen LogP contribution in [0, 0.1) is 5.82 Å². The summed E-state index contributed by atoms with van der Waals surface area (Å²) >= 11 is 0. The molecule has 0 aromatic heterocycles. The first kappa shape index (κ1) is 22.7. The summed E-state index contributed by atoms with van der Waals surface area (Å²) in [5, 5.41) is 2.54. The van der Waals surface area contributed by atoms with Crippen LogP contribution in [0.2, 0.25) is 0 Å². The fourth-order valence-corrected chi connectivity index (χ4v) is 4.34. The Balaban J connectivity index is 1.65. The van der Waals surface area contributed by atoms with E-state index in [9.17, 15) is 22.4 Å². The molecule has 0 unspecified atom stereocenters. The Bertz CT molecular complexity index is 1050. The van der Waals surface area contributed by atoms with Crippen LogP contribution in [0.3, 0.4) is 0 Å². The molecule has 1 amide bonds. The van der Waals surface area contributed by atoms with Gasteiger partial charge in [0.25, 0.3) is 5.91 Å². The van der Waals surface area contributed by atoms with E-state index in [0.29, 0.717) is 11.4 Å². The first-order valence-electron chi connectivity index (χ1n) is 9.30. The van der Waals surface area contributed by atoms with Crippen LogP contribution in [-0.2, 0) is 24.3 Å². The fourth-order valence-electron chi connectivity index (χ4n) is 2.84. The first-order chi connectivity index (χ1) is 14.8. The van der Waals surface area contributed by atoms with Crippen LogP contribution in [0.25, 0.3) is 0 Å². The van der Waals surface area contributed by atoms with Crippen molar-refractivity contribution >= 4 is 27.6 Å². The fraction of sp³-hybridized carbons (Fsp3) is 0.300. The van der Waals surface area contributed by atoms with Gasteiger partial charge in [-0.15, -0.1) is 0 Å². The highest BCUT2D eigenvalue weighted by Gasteiger charge is 2.30. The van der Waals surface area contributed by atoms with E-state index in [-0.39, 0.29) is 31.9 Å². The van der Waals surface area contributed by atoms with E-state index in [2.05, 4.69) is 5.32 Å². The van der Waals surface area contributed by atoms with Crippen molar-refractivity contribution in [3.63, 3.8) is 0 Å². The zero-order valence-corrected chi connectivity index (χ0v) is 17.5. The average Bonchev–Trinajstić information content (AvgIpc) is 2.78. The SMILES string of the molecule is COc1ccc(NC(=O)COC(=O)c2ccc(F)c(S(=O)(=O)N3CCOCC3)c2)cc1. The molecule has 0 bridgehead atoms. The quantitative estimate of drug-likeness (QED) is 0.636. The van der Waals surface area contributed by atoms with Gasteiger partial charge in [-0.2, -0.15) is 4.31 Å². The largest absolute Gasteiger partial charge is 0.497 e. The Morgan fingerprint density at radius 3 is 2.45 bits per heavy atom. The molecule has 0 saturated carbocycles. The summed E-state index contributed by atoms with van der Waals surface area (Å²) in [4.78, 5) is 23.6. The lowest BCUT2D eigenvalue weighted by molar-refractivity contribution is -0.119. The van der Waals surface area contributed by atoms with Crippen LogP contribution in [0.5, 0.6) is 5.75 Å². The van der Waals surface area contributed by atoms with Gasteiger partial charge in [-0.25, -0.2) is 17.6 Å². The van der Waals surface area contributed by atoms with E-state index in [1.165, 1.54) is 7.11 Å². The van der Waals surface area contributed by atoms with Crippen molar-refractivity contribution in [1.82, 2.24) is 4.31 Å². The lowest BCUT2D eigenvalue weighted by Crippen LogP contribution is -2.41. The van der Waals surface area contributed by atoms with E-state index < -0.39 is 39.2 Å². The van der Waals surface area contributed by atoms with Gasteiger partial charge < -0.3 is 19.5 Å². The zero-order valence-electron chi connectivity index (χ0n) is 16.7. The van der Waals surface area contributed by atoms with Crippen LogP contribution >= 0.6 is 0 Å². The van der Waals surface area contributed by atoms with Crippen LogP contribution < -0.4 is 10.1 Å². The smallest absolute Gasteiger partial charge is 0.338 e. The summed E-state index contributed by atoms with van der Waals surface area (Å²) in [6, 6.07) is 9.40. The average molecular weight is 452 g/mol. The van der Waals surface area contributed by atoms with Crippen molar-refractivity contribution in [2.24, 2.45) is 0 Å². The third-order valence-corrected chi connectivity index (χ3v) is 6.38. The third-order valence-electron chi connectivity index (χ3n) is 4.46. The monoisotopic (exact) mass is 452 g/mol. The van der Waals surface area contributed by atoms with Gasteiger partial charge in [0.2, 0.25) is 10.0 Å². The van der Waals surface area contributed by atoms with Crippen molar-refractivity contribution in [2.75, 3.05) is 45.3 Å². The number of morpholine rings is 1. The Labute approximate surface area is 178 Å². The van der Waals surface area contributed by atoms with Gasteiger partial charge in [-0.05, 0) is 42.5 Å². The number of nitrogens with zero attached hydrogens (tertiary/aromatic N) is 1. The summed E-state index contributed by atoms with van der Waals surface area (Å²) in [7, 11) is -2.63. The Morgan fingerprint density at radius 2 is 1.81 bits per heavy atom. The molecule has 0 spiro atoms. The predicted octanol–water partition coefficient (Wildman–Crippen LogP) is 1.65. The number of amides is 1. The van der Waals surface area contributed by atoms with Gasteiger partial charge in [0.1, 0.15) is 16.5 Å². The number of benzene rings is 2. The molecule has 11 heteroatoms. The molecule has 0 radical (unpaired) electrons. The van der Waals surface area contributed by atoms with Gasteiger partial charge in [0, 0.05) is 18.8 Å². The number of halogens is 1. The molecule has 1 saturated heterocycles. The molecular weight excluding hydrogens is 431 g/mol. The minimum Gasteiger partial charge on any atom is -0.497 e. The number of esters is 1. The zero-order chi connectivity index (χ0) is 22.4. The molecule has 2 aromatic carbocycles. The highest BCUT2D eigenvalue weighted by Crippen LogP contribution is 2.22. The second-order valence-electron chi connectivity index (χ2n) is 6.51. The number of hydrogen-bond donors (Lipinski definition) is 1. The Hall–Kier alpha value is -3.02. The molecular formula is C20H21FN2O7S.